The average molecular weight is 406 g/mol. The van der Waals surface area contributed by atoms with Crippen molar-refractivity contribution >= 4 is 11.8 Å². The highest BCUT2D eigenvalue weighted by Crippen LogP contribution is 2.32. The van der Waals surface area contributed by atoms with Crippen LogP contribution in [0.4, 0.5) is 13.2 Å². The van der Waals surface area contributed by atoms with E-state index >= 15 is 0 Å². The van der Waals surface area contributed by atoms with Crippen LogP contribution in [-0.4, -0.2) is 54.4 Å². The van der Waals surface area contributed by atoms with Gasteiger partial charge in [0.2, 0.25) is 0 Å². The molecule has 0 aliphatic carbocycles. The lowest BCUT2D eigenvalue weighted by Gasteiger charge is -2.35. The van der Waals surface area contributed by atoms with Crippen molar-refractivity contribution in [3.05, 3.63) is 65.2 Å². The summed E-state index contributed by atoms with van der Waals surface area (Å²) in [6.45, 7) is 2.62. The molecule has 0 saturated carbocycles. The van der Waals surface area contributed by atoms with Crippen molar-refractivity contribution in [1.29, 1.82) is 0 Å². The molecular formula is C21H21F3N2O3. The van der Waals surface area contributed by atoms with Gasteiger partial charge in [0.05, 0.1) is 11.1 Å². The van der Waals surface area contributed by atoms with E-state index in [4.69, 9.17) is 4.74 Å². The van der Waals surface area contributed by atoms with Gasteiger partial charge in [-0.2, -0.15) is 13.2 Å². The van der Waals surface area contributed by atoms with Gasteiger partial charge >= 0.3 is 6.18 Å². The van der Waals surface area contributed by atoms with Crippen molar-refractivity contribution < 1.29 is 27.5 Å². The van der Waals surface area contributed by atoms with Gasteiger partial charge in [-0.05, 0) is 36.8 Å². The SMILES string of the molecule is Cc1cccc(OCC(=O)N2CCN(C(=O)c3ccccc3C(F)(F)F)CC2)c1. The van der Waals surface area contributed by atoms with Crippen LogP contribution in [0, 0.1) is 6.92 Å². The third-order valence-corrected chi connectivity index (χ3v) is 4.73. The number of piperazine rings is 1. The first-order valence-electron chi connectivity index (χ1n) is 9.18. The van der Waals surface area contributed by atoms with Crippen LogP contribution in [0.1, 0.15) is 21.5 Å². The Kier molecular flexibility index (Phi) is 6.10. The van der Waals surface area contributed by atoms with E-state index in [0.717, 1.165) is 11.6 Å². The van der Waals surface area contributed by atoms with Crippen molar-refractivity contribution in [2.45, 2.75) is 13.1 Å². The monoisotopic (exact) mass is 406 g/mol. The maximum Gasteiger partial charge on any atom is 0.417 e. The quantitative estimate of drug-likeness (QED) is 0.782. The molecule has 0 bridgehead atoms. The Bertz CT molecular complexity index is 891. The molecule has 5 nitrogen and oxygen atoms in total. The summed E-state index contributed by atoms with van der Waals surface area (Å²) in [6, 6.07) is 12.1. The van der Waals surface area contributed by atoms with Gasteiger partial charge in [-0.3, -0.25) is 9.59 Å². The van der Waals surface area contributed by atoms with Gasteiger partial charge in [0, 0.05) is 26.2 Å². The van der Waals surface area contributed by atoms with Crippen LogP contribution in [0.5, 0.6) is 5.75 Å². The maximum atomic E-state index is 13.2. The number of carbonyl (C=O) groups is 2. The van der Waals surface area contributed by atoms with Crippen molar-refractivity contribution in [2.24, 2.45) is 0 Å². The number of rotatable bonds is 4. The third kappa shape index (κ3) is 5.07. The van der Waals surface area contributed by atoms with Crippen molar-refractivity contribution in [3.8, 4) is 5.75 Å². The number of halogens is 3. The molecule has 2 aromatic rings. The molecule has 8 heteroatoms. The molecule has 0 radical (unpaired) electrons. The Morgan fingerprint density at radius 1 is 0.966 bits per heavy atom. The van der Waals surface area contributed by atoms with E-state index in [1.54, 1.807) is 11.0 Å². The van der Waals surface area contributed by atoms with E-state index in [-0.39, 0.29) is 44.3 Å². The maximum absolute atomic E-state index is 13.2. The second-order valence-corrected chi connectivity index (χ2v) is 6.82. The molecule has 0 N–H and O–H groups in total. The van der Waals surface area contributed by atoms with Crippen LogP contribution in [0.15, 0.2) is 48.5 Å². The van der Waals surface area contributed by atoms with Crippen molar-refractivity contribution in [3.63, 3.8) is 0 Å². The van der Waals surface area contributed by atoms with Gasteiger partial charge < -0.3 is 14.5 Å². The normalized spacial score (nSPS) is 14.6. The number of ether oxygens (including phenoxy) is 1. The zero-order valence-electron chi connectivity index (χ0n) is 15.9. The van der Waals surface area contributed by atoms with Gasteiger partial charge in [0.1, 0.15) is 5.75 Å². The van der Waals surface area contributed by atoms with E-state index in [9.17, 15) is 22.8 Å². The Morgan fingerprint density at radius 2 is 1.62 bits per heavy atom. The Morgan fingerprint density at radius 3 is 2.28 bits per heavy atom. The van der Waals surface area contributed by atoms with E-state index in [1.165, 1.54) is 23.1 Å². The Balaban J connectivity index is 1.56. The predicted molar refractivity (Wildman–Crippen MR) is 101 cm³/mol. The lowest BCUT2D eigenvalue weighted by molar-refractivity contribution is -0.138. The van der Waals surface area contributed by atoms with Crippen LogP contribution < -0.4 is 4.74 Å². The summed E-state index contributed by atoms with van der Waals surface area (Å²) in [6.07, 6.45) is -4.60. The van der Waals surface area contributed by atoms with Crippen LogP contribution in [0.2, 0.25) is 0 Å². The molecule has 2 amide bonds. The number of nitrogens with zero attached hydrogens (tertiary/aromatic N) is 2. The smallest absolute Gasteiger partial charge is 0.417 e. The second kappa shape index (κ2) is 8.55. The predicted octanol–water partition coefficient (Wildman–Crippen LogP) is 3.38. The Hall–Kier alpha value is -3.03. The molecule has 3 rings (SSSR count). The molecule has 1 aliphatic rings. The molecule has 0 aromatic heterocycles. The molecule has 1 heterocycles. The van der Waals surface area contributed by atoms with Crippen LogP contribution in [0.25, 0.3) is 0 Å². The minimum Gasteiger partial charge on any atom is -0.484 e. The first-order valence-corrected chi connectivity index (χ1v) is 9.18. The van der Waals surface area contributed by atoms with Gasteiger partial charge in [0.25, 0.3) is 11.8 Å². The van der Waals surface area contributed by atoms with Gasteiger partial charge in [0.15, 0.2) is 6.61 Å². The van der Waals surface area contributed by atoms with Crippen LogP contribution >= 0.6 is 0 Å². The van der Waals surface area contributed by atoms with E-state index in [2.05, 4.69) is 0 Å². The van der Waals surface area contributed by atoms with E-state index in [0.29, 0.717) is 5.75 Å². The zero-order valence-corrected chi connectivity index (χ0v) is 15.9. The summed E-state index contributed by atoms with van der Waals surface area (Å²) in [7, 11) is 0. The lowest BCUT2D eigenvalue weighted by atomic mass is 10.1. The summed E-state index contributed by atoms with van der Waals surface area (Å²) in [4.78, 5) is 27.8. The highest BCUT2D eigenvalue weighted by molar-refractivity contribution is 5.96. The third-order valence-electron chi connectivity index (χ3n) is 4.73. The summed E-state index contributed by atoms with van der Waals surface area (Å²) < 4.78 is 45.0. The number of amides is 2. The largest absolute Gasteiger partial charge is 0.484 e. The number of hydrogen-bond donors (Lipinski definition) is 0. The minimum atomic E-state index is -4.60. The summed E-state index contributed by atoms with van der Waals surface area (Å²) in [5.74, 6) is -0.314. The molecule has 1 saturated heterocycles. The second-order valence-electron chi connectivity index (χ2n) is 6.82. The topological polar surface area (TPSA) is 49.9 Å². The molecule has 29 heavy (non-hydrogen) atoms. The molecule has 0 spiro atoms. The highest BCUT2D eigenvalue weighted by atomic mass is 19.4. The average Bonchev–Trinajstić information content (AvgIpc) is 2.71. The Labute approximate surface area is 166 Å². The molecule has 1 fully saturated rings. The summed E-state index contributed by atoms with van der Waals surface area (Å²) >= 11 is 0. The number of carbonyl (C=O) groups excluding carboxylic acids is 2. The highest BCUT2D eigenvalue weighted by Gasteiger charge is 2.36. The first-order chi connectivity index (χ1) is 13.8. The fourth-order valence-electron chi connectivity index (χ4n) is 3.19. The van der Waals surface area contributed by atoms with E-state index < -0.39 is 17.6 Å². The molecule has 2 aromatic carbocycles. The van der Waals surface area contributed by atoms with Gasteiger partial charge in [-0.25, -0.2) is 0 Å². The van der Waals surface area contributed by atoms with Gasteiger partial charge in [-0.1, -0.05) is 24.3 Å². The molecule has 154 valence electrons. The summed E-state index contributed by atoms with van der Waals surface area (Å²) in [5, 5.41) is 0. The zero-order chi connectivity index (χ0) is 21.0. The molecule has 0 atom stereocenters. The fourth-order valence-corrected chi connectivity index (χ4v) is 3.19. The van der Waals surface area contributed by atoms with Crippen molar-refractivity contribution in [1.82, 2.24) is 9.80 Å². The molecular weight excluding hydrogens is 385 g/mol. The van der Waals surface area contributed by atoms with Crippen molar-refractivity contribution in [2.75, 3.05) is 32.8 Å². The number of aryl methyl sites for hydroxylation is 1. The lowest BCUT2D eigenvalue weighted by Crippen LogP contribution is -2.51. The fraction of sp³-hybridized carbons (Fsp3) is 0.333. The number of alkyl halides is 3. The van der Waals surface area contributed by atoms with Crippen LogP contribution in [0.3, 0.4) is 0 Å². The van der Waals surface area contributed by atoms with E-state index in [1.807, 2.05) is 25.1 Å². The number of benzene rings is 2. The first kappa shape index (κ1) is 20.7. The summed E-state index contributed by atoms with van der Waals surface area (Å²) in [5.41, 5.74) is -0.307. The standard InChI is InChI=1S/C21H21F3N2O3/c1-15-5-4-6-16(13-15)29-14-19(27)25-9-11-26(12-10-25)20(28)17-7-2-3-8-18(17)21(22,23)24/h2-8,13H,9-12,14H2,1H3. The number of hydrogen-bond acceptors (Lipinski definition) is 3. The van der Waals surface area contributed by atoms with Crippen LogP contribution in [-0.2, 0) is 11.0 Å². The molecule has 0 unspecified atom stereocenters. The molecule has 1 aliphatic heterocycles. The minimum absolute atomic E-state index is 0.131. The van der Waals surface area contributed by atoms with Gasteiger partial charge in [-0.15, -0.1) is 0 Å².